The summed E-state index contributed by atoms with van der Waals surface area (Å²) in [6, 6.07) is 10.1. The van der Waals surface area contributed by atoms with E-state index in [0.717, 1.165) is 43.4 Å². The molecule has 0 unspecified atom stereocenters. The Morgan fingerprint density at radius 2 is 1.94 bits per heavy atom. The SMILES string of the molecule is CNC(=O)n1ccc2cc(Oc3ccnc(NC(=O)NCCN4CCC(O)CC4)c3)ccc21. The van der Waals surface area contributed by atoms with E-state index in [-0.39, 0.29) is 18.2 Å². The molecule has 4 N–H and O–H groups in total. The summed E-state index contributed by atoms with van der Waals surface area (Å²) in [5.41, 5.74) is 0.774. The van der Waals surface area contributed by atoms with Gasteiger partial charge in [0.05, 0.1) is 11.6 Å². The number of carbonyl (C=O) groups excluding carboxylic acids is 2. The summed E-state index contributed by atoms with van der Waals surface area (Å²) in [6.45, 7) is 2.93. The van der Waals surface area contributed by atoms with Crippen LogP contribution < -0.4 is 20.7 Å². The number of pyridine rings is 1. The Bertz CT molecular complexity index is 1120. The van der Waals surface area contributed by atoms with E-state index in [2.05, 4.69) is 25.8 Å². The lowest BCUT2D eigenvalue weighted by Crippen LogP contribution is -2.41. The van der Waals surface area contributed by atoms with Gasteiger partial charge in [0.25, 0.3) is 0 Å². The van der Waals surface area contributed by atoms with Gasteiger partial charge in [-0.05, 0) is 43.2 Å². The molecule has 3 heterocycles. The van der Waals surface area contributed by atoms with E-state index in [1.807, 2.05) is 18.2 Å². The van der Waals surface area contributed by atoms with Crippen LogP contribution in [0, 0.1) is 0 Å². The first-order chi connectivity index (χ1) is 16.0. The number of fused-ring (bicyclic) bond motifs is 1. The third-order valence-electron chi connectivity index (χ3n) is 5.57. The van der Waals surface area contributed by atoms with Gasteiger partial charge < -0.3 is 25.4 Å². The molecule has 10 heteroatoms. The molecule has 2 aromatic heterocycles. The van der Waals surface area contributed by atoms with Gasteiger partial charge in [0.1, 0.15) is 17.3 Å². The lowest BCUT2D eigenvalue weighted by atomic mass is 10.1. The van der Waals surface area contributed by atoms with Crippen LogP contribution in [-0.2, 0) is 0 Å². The molecule has 0 bridgehead atoms. The smallest absolute Gasteiger partial charge is 0.325 e. The Hall–Kier alpha value is -3.63. The molecule has 4 rings (SSSR count). The van der Waals surface area contributed by atoms with Crippen LogP contribution in [-0.4, -0.2) is 71.0 Å². The average molecular weight is 453 g/mol. The van der Waals surface area contributed by atoms with E-state index in [9.17, 15) is 14.7 Å². The van der Waals surface area contributed by atoms with Crippen molar-refractivity contribution >= 4 is 28.8 Å². The molecule has 0 atom stereocenters. The van der Waals surface area contributed by atoms with Crippen LogP contribution >= 0.6 is 0 Å². The molecular weight excluding hydrogens is 424 g/mol. The molecule has 0 spiro atoms. The van der Waals surface area contributed by atoms with Crippen molar-refractivity contribution in [2.24, 2.45) is 0 Å². The molecule has 33 heavy (non-hydrogen) atoms. The van der Waals surface area contributed by atoms with Gasteiger partial charge >= 0.3 is 12.1 Å². The quantitative estimate of drug-likeness (QED) is 0.456. The predicted molar refractivity (Wildman–Crippen MR) is 125 cm³/mol. The monoisotopic (exact) mass is 452 g/mol. The molecule has 0 aliphatic carbocycles. The van der Waals surface area contributed by atoms with E-state index in [4.69, 9.17) is 4.74 Å². The maximum atomic E-state index is 12.2. The number of ether oxygens (including phenoxy) is 1. The van der Waals surface area contributed by atoms with Gasteiger partial charge in [-0.2, -0.15) is 0 Å². The first-order valence-corrected chi connectivity index (χ1v) is 10.9. The number of rotatable bonds is 6. The average Bonchev–Trinajstić information content (AvgIpc) is 3.23. The number of aliphatic hydroxyl groups is 1. The zero-order valence-electron chi connectivity index (χ0n) is 18.5. The van der Waals surface area contributed by atoms with Crippen LogP contribution in [0.3, 0.4) is 0 Å². The molecule has 10 nitrogen and oxygen atoms in total. The number of amides is 3. The minimum absolute atomic E-state index is 0.205. The fourth-order valence-corrected chi connectivity index (χ4v) is 3.79. The number of hydrogen-bond donors (Lipinski definition) is 4. The maximum Gasteiger partial charge on any atom is 0.325 e. The number of nitrogens with zero attached hydrogens (tertiary/aromatic N) is 3. The number of urea groups is 1. The van der Waals surface area contributed by atoms with Gasteiger partial charge in [0, 0.05) is 57.1 Å². The topological polar surface area (TPSA) is 121 Å². The summed E-state index contributed by atoms with van der Waals surface area (Å²) in [5, 5.41) is 18.6. The van der Waals surface area contributed by atoms with Gasteiger partial charge in [-0.1, -0.05) is 0 Å². The Labute approximate surface area is 191 Å². The third-order valence-corrected chi connectivity index (χ3v) is 5.57. The van der Waals surface area contributed by atoms with Crippen molar-refractivity contribution in [1.82, 2.24) is 25.1 Å². The van der Waals surface area contributed by atoms with Crippen molar-refractivity contribution in [3.8, 4) is 11.5 Å². The summed E-state index contributed by atoms with van der Waals surface area (Å²) in [7, 11) is 1.59. The van der Waals surface area contributed by atoms with Gasteiger partial charge in [-0.3, -0.25) is 9.88 Å². The second kappa shape index (κ2) is 10.3. The number of aromatic nitrogens is 2. The molecule has 0 saturated carbocycles. The fraction of sp³-hybridized carbons (Fsp3) is 0.348. The molecule has 1 fully saturated rings. The summed E-state index contributed by atoms with van der Waals surface area (Å²) in [5.74, 6) is 1.50. The number of likely N-dealkylation sites (tertiary alicyclic amines) is 1. The fourth-order valence-electron chi connectivity index (χ4n) is 3.79. The number of anilines is 1. The third kappa shape index (κ3) is 5.79. The Morgan fingerprint density at radius 1 is 1.15 bits per heavy atom. The van der Waals surface area contributed by atoms with Gasteiger partial charge in [-0.15, -0.1) is 0 Å². The van der Waals surface area contributed by atoms with Crippen molar-refractivity contribution in [2.45, 2.75) is 18.9 Å². The van der Waals surface area contributed by atoms with Crippen molar-refractivity contribution < 1.29 is 19.4 Å². The summed E-state index contributed by atoms with van der Waals surface area (Å²) >= 11 is 0. The standard InChI is InChI=1S/C23H28N6O4/c1-24-23(32)29-12-5-16-14-18(2-3-20(16)29)33-19-4-8-25-21(15-19)27-22(31)26-9-13-28-10-6-17(30)7-11-28/h2-5,8,12,14-15,17,30H,6-7,9-11,13H2,1H3,(H,24,32)(H2,25,26,27,31). The highest BCUT2D eigenvalue weighted by Gasteiger charge is 2.16. The number of hydrogen-bond acceptors (Lipinski definition) is 6. The van der Waals surface area contributed by atoms with Crippen molar-refractivity contribution in [3.63, 3.8) is 0 Å². The van der Waals surface area contributed by atoms with Crippen LogP contribution in [0.1, 0.15) is 12.8 Å². The predicted octanol–water partition coefficient (Wildman–Crippen LogP) is 2.59. The minimum Gasteiger partial charge on any atom is -0.457 e. The Balaban J connectivity index is 1.31. The molecule has 1 saturated heterocycles. The number of carbonyl (C=O) groups is 2. The van der Waals surface area contributed by atoms with E-state index in [1.54, 1.807) is 37.6 Å². The molecule has 1 aliphatic rings. The van der Waals surface area contributed by atoms with Crippen LogP contribution in [0.5, 0.6) is 11.5 Å². The highest BCUT2D eigenvalue weighted by atomic mass is 16.5. The number of piperidine rings is 1. The largest absolute Gasteiger partial charge is 0.457 e. The van der Waals surface area contributed by atoms with Crippen LogP contribution in [0.2, 0.25) is 0 Å². The van der Waals surface area contributed by atoms with Gasteiger partial charge in [0.15, 0.2) is 0 Å². The Morgan fingerprint density at radius 3 is 2.73 bits per heavy atom. The second-order valence-electron chi connectivity index (χ2n) is 7.89. The molecule has 3 amide bonds. The normalized spacial score (nSPS) is 14.7. The number of aliphatic hydroxyl groups excluding tert-OH is 1. The van der Waals surface area contributed by atoms with E-state index in [0.29, 0.717) is 23.9 Å². The van der Waals surface area contributed by atoms with Gasteiger partial charge in [-0.25, -0.2) is 14.6 Å². The summed E-state index contributed by atoms with van der Waals surface area (Å²) in [6.07, 6.45) is 4.61. The molecule has 1 aromatic carbocycles. The molecule has 3 aromatic rings. The molecular formula is C23H28N6O4. The lowest BCUT2D eigenvalue weighted by molar-refractivity contribution is 0.0833. The van der Waals surface area contributed by atoms with Crippen molar-refractivity contribution in [2.75, 3.05) is 38.5 Å². The summed E-state index contributed by atoms with van der Waals surface area (Å²) in [4.78, 5) is 30.5. The van der Waals surface area contributed by atoms with E-state index in [1.165, 1.54) is 4.57 Å². The summed E-state index contributed by atoms with van der Waals surface area (Å²) < 4.78 is 7.45. The number of nitrogens with one attached hydrogen (secondary N) is 3. The Kier molecular flexibility index (Phi) is 7.06. The zero-order chi connectivity index (χ0) is 23.2. The van der Waals surface area contributed by atoms with Crippen LogP contribution in [0.15, 0.2) is 48.8 Å². The first kappa shape index (κ1) is 22.6. The van der Waals surface area contributed by atoms with Crippen molar-refractivity contribution in [3.05, 3.63) is 48.8 Å². The molecule has 174 valence electrons. The minimum atomic E-state index is -0.339. The lowest BCUT2D eigenvalue weighted by Gasteiger charge is -2.29. The van der Waals surface area contributed by atoms with E-state index >= 15 is 0 Å². The maximum absolute atomic E-state index is 12.2. The first-order valence-electron chi connectivity index (χ1n) is 10.9. The van der Waals surface area contributed by atoms with Crippen LogP contribution in [0.4, 0.5) is 15.4 Å². The van der Waals surface area contributed by atoms with E-state index < -0.39 is 0 Å². The number of benzene rings is 1. The second-order valence-corrected chi connectivity index (χ2v) is 7.89. The highest BCUT2D eigenvalue weighted by Crippen LogP contribution is 2.27. The highest BCUT2D eigenvalue weighted by molar-refractivity contribution is 5.92. The molecule has 1 aliphatic heterocycles. The molecule has 0 radical (unpaired) electrons. The van der Waals surface area contributed by atoms with Crippen LogP contribution in [0.25, 0.3) is 10.9 Å². The zero-order valence-corrected chi connectivity index (χ0v) is 18.5. The van der Waals surface area contributed by atoms with Crippen molar-refractivity contribution in [1.29, 1.82) is 0 Å². The van der Waals surface area contributed by atoms with Gasteiger partial charge in [0.2, 0.25) is 0 Å².